The van der Waals surface area contributed by atoms with Gasteiger partial charge in [0.2, 0.25) is 5.88 Å². The summed E-state index contributed by atoms with van der Waals surface area (Å²) < 4.78 is 43.7. The summed E-state index contributed by atoms with van der Waals surface area (Å²) >= 11 is 0. The molecule has 0 radical (unpaired) electrons. The number of hydrogen-bond donors (Lipinski definition) is 1. The number of rotatable bonds is 7. The fourth-order valence-electron chi connectivity index (χ4n) is 4.69. The lowest BCUT2D eigenvalue weighted by Crippen LogP contribution is -2.28. The van der Waals surface area contributed by atoms with Crippen LogP contribution in [0.5, 0.6) is 23.1 Å². The SMILES string of the molecule is COc1cc2c(Oc3ccc4[nH]c(C)cc4c3F)ncnc2cc1OCCN1CC2OCOC2C1. The number of ether oxygens (including phenoxy) is 5. The summed E-state index contributed by atoms with van der Waals surface area (Å²) in [5.74, 6) is 0.937. The molecule has 9 nitrogen and oxygen atoms in total. The number of methoxy groups -OCH3 is 1. The first-order valence-electron chi connectivity index (χ1n) is 11.5. The second-order valence-electron chi connectivity index (χ2n) is 8.73. The lowest BCUT2D eigenvalue weighted by molar-refractivity contribution is 0.0140. The molecule has 2 unspecified atom stereocenters. The highest BCUT2D eigenvalue weighted by molar-refractivity contribution is 5.87. The predicted molar refractivity (Wildman–Crippen MR) is 126 cm³/mol. The van der Waals surface area contributed by atoms with E-state index >= 15 is 4.39 Å². The number of fused-ring (bicyclic) bond motifs is 3. The van der Waals surface area contributed by atoms with Gasteiger partial charge in [0.05, 0.1) is 18.0 Å². The van der Waals surface area contributed by atoms with Crippen LogP contribution in [0.25, 0.3) is 21.8 Å². The van der Waals surface area contributed by atoms with Gasteiger partial charge >= 0.3 is 0 Å². The van der Waals surface area contributed by atoms with E-state index in [4.69, 9.17) is 23.7 Å². The van der Waals surface area contributed by atoms with Crippen LogP contribution < -0.4 is 14.2 Å². The zero-order valence-corrected chi connectivity index (χ0v) is 19.4. The molecule has 35 heavy (non-hydrogen) atoms. The number of aromatic amines is 1. The van der Waals surface area contributed by atoms with E-state index in [0.29, 0.717) is 46.7 Å². The molecular formula is C25H25FN4O5. The van der Waals surface area contributed by atoms with Gasteiger partial charge in [-0.05, 0) is 31.2 Å². The molecule has 0 aliphatic carbocycles. The normalized spacial score (nSPS) is 20.0. The van der Waals surface area contributed by atoms with Gasteiger partial charge in [0.1, 0.15) is 31.9 Å². The summed E-state index contributed by atoms with van der Waals surface area (Å²) in [7, 11) is 1.57. The van der Waals surface area contributed by atoms with Crippen LogP contribution in [-0.4, -0.2) is 72.2 Å². The maximum absolute atomic E-state index is 15.1. The molecule has 4 aromatic rings. The molecule has 2 aliphatic heterocycles. The fourth-order valence-corrected chi connectivity index (χ4v) is 4.69. The van der Waals surface area contributed by atoms with Gasteiger partial charge in [0.25, 0.3) is 0 Å². The van der Waals surface area contributed by atoms with Crippen LogP contribution in [0.2, 0.25) is 0 Å². The van der Waals surface area contributed by atoms with E-state index in [9.17, 15) is 0 Å². The Hall–Kier alpha value is -3.47. The number of hydrogen-bond acceptors (Lipinski definition) is 8. The molecule has 1 N–H and O–H groups in total. The lowest BCUT2D eigenvalue weighted by atomic mass is 10.2. The van der Waals surface area contributed by atoms with E-state index in [-0.39, 0.29) is 23.8 Å². The van der Waals surface area contributed by atoms with Crippen LogP contribution >= 0.6 is 0 Å². The number of H-pyrrole nitrogens is 1. The standard InChI is InChI=1S/C25H25FN4O5/c1-14-7-15-17(29-14)3-4-19(24(15)26)35-25-16-8-20(31-2)21(9-18(16)27-12-28-25)32-6-5-30-10-22-23(11-30)34-13-33-22/h3-4,7-9,12,22-23,29H,5-6,10-11,13H2,1-2H3. The first-order valence-corrected chi connectivity index (χ1v) is 11.5. The Balaban J connectivity index is 1.22. The Morgan fingerprint density at radius 2 is 1.89 bits per heavy atom. The second kappa shape index (κ2) is 8.95. The number of halogens is 1. The molecule has 10 heteroatoms. The summed E-state index contributed by atoms with van der Waals surface area (Å²) in [5.41, 5.74) is 2.18. The minimum absolute atomic E-state index is 0.0825. The molecule has 0 bridgehead atoms. The third-order valence-corrected chi connectivity index (χ3v) is 6.45. The Morgan fingerprint density at radius 3 is 2.69 bits per heavy atom. The molecule has 0 saturated carbocycles. The van der Waals surface area contributed by atoms with Gasteiger partial charge < -0.3 is 28.7 Å². The maximum atomic E-state index is 15.1. The van der Waals surface area contributed by atoms with Crippen LogP contribution in [0.1, 0.15) is 5.69 Å². The van der Waals surface area contributed by atoms with E-state index in [0.717, 1.165) is 25.3 Å². The molecule has 2 atom stereocenters. The van der Waals surface area contributed by atoms with Crippen molar-refractivity contribution in [3.63, 3.8) is 0 Å². The Kier molecular flexibility index (Phi) is 5.63. The molecule has 2 aliphatic rings. The first kappa shape index (κ1) is 22.0. The number of aryl methyl sites for hydroxylation is 1. The van der Waals surface area contributed by atoms with Crippen molar-refractivity contribution < 1.29 is 28.1 Å². The first-order chi connectivity index (χ1) is 17.1. The molecule has 0 amide bonds. The van der Waals surface area contributed by atoms with Crippen molar-refractivity contribution in [2.24, 2.45) is 0 Å². The summed E-state index contributed by atoms with van der Waals surface area (Å²) in [6, 6.07) is 8.64. The van der Waals surface area contributed by atoms with Crippen LogP contribution in [0.15, 0.2) is 36.7 Å². The van der Waals surface area contributed by atoms with Gasteiger partial charge in [0, 0.05) is 42.3 Å². The van der Waals surface area contributed by atoms with Crippen molar-refractivity contribution in [1.82, 2.24) is 19.9 Å². The smallest absolute Gasteiger partial charge is 0.230 e. The molecule has 2 fully saturated rings. The molecule has 4 heterocycles. The third kappa shape index (κ3) is 4.13. The van der Waals surface area contributed by atoms with Crippen molar-refractivity contribution in [2.75, 3.05) is 40.1 Å². The minimum atomic E-state index is -0.451. The van der Waals surface area contributed by atoms with E-state index in [1.807, 2.05) is 6.92 Å². The van der Waals surface area contributed by atoms with Crippen molar-refractivity contribution >= 4 is 21.8 Å². The van der Waals surface area contributed by atoms with Gasteiger partial charge in [-0.25, -0.2) is 14.4 Å². The van der Waals surface area contributed by atoms with Gasteiger partial charge in [-0.2, -0.15) is 0 Å². The average Bonchev–Trinajstić information content (AvgIpc) is 3.55. The zero-order valence-electron chi connectivity index (χ0n) is 19.4. The molecule has 0 spiro atoms. The van der Waals surface area contributed by atoms with Gasteiger partial charge in [-0.15, -0.1) is 0 Å². The Morgan fingerprint density at radius 1 is 1.06 bits per heavy atom. The lowest BCUT2D eigenvalue weighted by Gasteiger charge is -2.18. The van der Waals surface area contributed by atoms with Crippen LogP contribution in [0.3, 0.4) is 0 Å². The van der Waals surface area contributed by atoms with E-state index in [2.05, 4.69) is 19.9 Å². The topological polar surface area (TPSA) is 91.0 Å². The molecule has 6 rings (SSSR count). The van der Waals surface area contributed by atoms with Crippen molar-refractivity contribution in [1.29, 1.82) is 0 Å². The van der Waals surface area contributed by atoms with Gasteiger partial charge in [-0.3, -0.25) is 4.90 Å². The highest BCUT2D eigenvalue weighted by Crippen LogP contribution is 2.37. The molecule has 2 aromatic heterocycles. The quantitative estimate of drug-likeness (QED) is 0.427. The number of nitrogens with zero attached hydrogens (tertiary/aromatic N) is 3. The molecule has 182 valence electrons. The molecule has 2 saturated heterocycles. The van der Waals surface area contributed by atoms with Gasteiger partial charge in [0.15, 0.2) is 23.1 Å². The summed E-state index contributed by atoms with van der Waals surface area (Å²) in [6.45, 7) is 5.14. The minimum Gasteiger partial charge on any atom is -0.493 e. The molecule has 2 aromatic carbocycles. The number of aromatic nitrogens is 3. The Bertz CT molecular complexity index is 1380. The zero-order chi connectivity index (χ0) is 23.9. The molecular weight excluding hydrogens is 455 g/mol. The predicted octanol–water partition coefficient (Wildman–Crippen LogP) is 3.80. The van der Waals surface area contributed by atoms with Crippen molar-refractivity contribution in [3.8, 4) is 23.1 Å². The fraction of sp³-hybridized carbons (Fsp3) is 0.360. The highest BCUT2D eigenvalue weighted by Gasteiger charge is 2.38. The number of likely N-dealkylation sites (tertiary alicyclic amines) is 1. The summed E-state index contributed by atoms with van der Waals surface area (Å²) in [6.07, 6.45) is 1.67. The second-order valence-corrected chi connectivity index (χ2v) is 8.73. The van der Waals surface area contributed by atoms with Crippen molar-refractivity contribution in [3.05, 3.63) is 48.2 Å². The van der Waals surface area contributed by atoms with Crippen LogP contribution in [-0.2, 0) is 9.47 Å². The monoisotopic (exact) mass is 480 g/mol. The summed E-state index contributed by atoms with van der Waals surface area (Å²) in [4.78, 5) is 14.0. The van der Waals surface area contributed by atoms with Gasteiger partial charge in [-0.1, -0.05) is 0 Å². The average molecular weight is 480 g/mol. The highest BCUT2D eigenvalue weighted by atomic mass is 19.1. The Labute approximate surface area is 200 Å². The summed E-state index contributed by atoms with van der Waals surface area (Å²) in [5, 5.41) is 1.05. The number of nitrogens with one attached hydrogen (secondary N) is 1. The third-order valence-electron chi connectivity index (χ3n) is 6.45. The van der Waals surface area contributed by atoms with Crippen LogP contribution in [0, 0.1) is 12.7 Å². The maximum Gasteiger partial charge on any atom is 0.230 e. The van der Waals surface area contributed by atoms with E-state index < -0.39 is 5.82 Å². The van der Waals surface area contributed by atoms with E-state index in [1.54, 1.807) is 37.4 Å². The van der Waals surface area contributed by atoms with Crippen molar-refractivity contribution in [2.45, 2.75) is 19.1 Å². The van der Waals surface area contributed by atoms with E-state index in [1.165, 1.54) is 6.33 Å². The number of benzene rings is 2. The van der Waals surface area contributed by atoms with Crippen LogP contribution in [0.4, 0.5) is 4.39 Å². The largest absolute Gasteiger partial charge is 0.493 e.